The van der Waals surface area contributed by atoms with Gasteiger partial charge >= 0.3 is 0 Å². The predicted molar refractivity (Wildman–Crippen MR) is 57.9 cm³/mol. The lowest BCUT2D eigenvalue weighted by atomic mass is 10.2. The van der Waals surface area contributed by atoms with Gasteiger partial charge in [-0.2, -0.15) is 0 Å². The summed E-state index contributed by atoms with van der Waals surface area (Å²) < 4.78 is 2.19. The van der Waals surface area contributed by atoms with Crippen molar-refractivity contribution in [3.63, 3.8) is 0 Å². The van der Waals surface area contributed by atoms with E-state index in [4.69, 9.17) is 5.73 Å². The van der Waals surface area contributed by atoms with Crippen molar-refractivity contribution in [1.82, 2.24) is 9.55 Å². The average molecular weight is 254 g/mol. The summed E-state index contributed by atoms with van der Waals surface area (Å²) in [6.45, 7) is 0.147. The molecular formula is C9H8BrN3O. The van der Waals surface area contributed by atoms with E-state index in [1.54, 1.807) is 12.1 Å². The van der Waals surface area contributed by atoms with E-state index in [0.717, 1.165) is 4.47 Å². The first-order chi connectivity index (χ1) is 6.74. The van der Waals surface area contributed by atoms with E-state index < -0.39 is 0 Å². The third-order valence-corrected chi connectivity index (χ3v) is 2.64. The van der Waals surface area contributed by atoms with Gasteiger partial charge in [-0.15, -0.1) is 0 Å². The summed E-state index contributed by atoms with van der Waals surface area (Å²) in [6, 6.07) is 5.39. The zero-order chi connectivity index (χ0) is 10.1. The molecule has 2 aromatic rings. The van der Waals surface area contributed by atoms with Gasteiger partial charge in [0.25, 0.3) is 5.56 Å². The second kappa shape index (κ2) is 3.51. The Morgan fingerprint density at radius 2 is 2.29 bits per heavy atom. The van der Waals surface area contributed by atoms with Crippen molar-refractivity contribution >= 4 is 26.8 Å². The molecule has 0 unspecified atom stereocenters. The minimum Gasteiger partial charge on any atom is -0.313 e. The summed E-state index contributed by atoms with van der Waals surface area (Å²) in [4.78, 5) is 15.9. The van der Waals surface area contributed by atoms with Crippen LogP contribution in [0, 0.1) is 0 Å². The van der Waals surface area contributed by atoms with Gasteiger partial charge in [-0.05, 0) is 28.1 Å². The van der Waals surface area contributed by atoms with Gasteiger partial charge < -0.3 is 5.73 Å². The van der Waals surface area contributed by atoms with Gasteiger partial charge in [0.05, 0.1) is 23.9 Å². The van der Waals surface area contributed by atoms with E-state index in [9.17, 15) is 4.79 Å². The van der Waals surface area contributed by atoms with Gasteiger partial charge in [-0.25, -0.2) is 4.98 Å². The Kier molecular flexibility index (Phi) is 2.35. The summed E-state index contributed by atoms with van der Waals surface area (Å²) in [5, 5.41) is 0.576. The summed E-state index contributed by atoms with van der Waals surface area (Å²) >= 11 is 3.34. The number of para-hydroxylation sites is 1. The van der Waals surface area contributed by atoms with Crippen LogP contribution in [-0.2, 0) is 6.67 Å². The van der Waals surface area contributed by atoms with Gasteiger partial charge in [0.2, 0.25) is 0 Å². The van der Waals surface area contributed by atoms with Crippen LogP contribution in [0.2, 0.25) is 0 Å². The van der Waals surface area contributed by atoms with E-state index in [0.29, 0.717) is 10.9 Å². The lowest BCUT2D eigenvalue weighted by Gasteiger charge is -2.03. The molecule has 2 rings (SSSR count). The van der Waals surface area contributed by atoms with E-state index in [1.807, 2.05) is 6.07 Å². The van der Waals surface area contributed by atoms with Crippen LogP contribution in [-0.4, -0.2) is 9.55 Å². The van der Waals surface area contributed by atoms with E-state index >= 15 is 0 Å². The van der Waals surface area contributed by atoms with Gasteiger partial charge in [0.1, 0.15) is 0 Å². The smallest absolute Gasteiger partial charge is 0.262 e. The minimum absolute atomic E-state index is 0.112. The lowest BCUT2D eigenvalue weighted by Crippen LogP contribution is -2.24. The van der Waals surface area contributed by atoms with Gasteiger partial charge in [0.15, 0.2) is 0 Å². The van der Waals surface area contributed by atoms with E-state index in [1.165, 1.54) is 10.9 Å². The molecule has 1 aromatic heterocycles. The van der Waals surface area contributed by atoms with Crippen LogP contribution in [0.5, 0.6) is 0 Å². The normalized spacial score (nSPS) is 10.7. The maximum Gasteiger partial charge on any atom is 0.262 e. The molecule has 0 saturated carbocycles. The fourth-order valence-corrected chi connectivity index (χ4v) is 1.75. The number of hydrogen-bond donors (Lipinski definition) is 1. The quantitative estimate of drug-likeness (QED) is 0.828. The highest BCUT2D eigenvalue weighted by molar-refractivity contribution is 9.10. The highest BCUT2D eigenvalue weighted by Gasteiger charge is 2.04. The Morgan fingerprint density at radius 1 is 1.50 bits per heavy atom. The monoisotopic (exact) mass is 253 g/mol. The molecule has 0 bridgehead atoms. The first-order valence-electron chi connectivity index (χ1n) is 4.08. The standard InChI is InChI=1S/C9H8BrN3O/c10-7-3-1-2-6-8(7)12-5-13(4-11)9(6)14/h1-3,5H,4,11H2. The van der Waals surface area contributed by atoms with Crippen molar-refractivity contribution in [3.8, 4) is 0 Å². The van der Waals surface area contributed by atoms with Crippen molar-refractivity contribution in [3.05, 3.63) is 39.4 Å². The molecule has 0 aliphatic carbocycles. The summed E-state index contributed by atoms with van der Waals surface area (Å²) in [7, 11) is 0. The molecule has 14 heavy (non-hydrogen) atoms. The second-order valence-electron chi connectivity index (χ2n) is 2.84. The number of benzene rings is 1. The zero-order valence-electron chi connectivity index (χ0n) is 7.27. The van der Waals surface area contributed by atoms with Gasteiger partial charge in [0, 0.05) is 4.47 Å². The number of halogens is 1. The van der Waals surface area contributed by atoms with Gasteiger partial charge in [-0.3, -0.25) is 9.36 Å². The molecule has 0 fully saturated rings. The second-order valence-corrected chi connectivity index (χ2v) is 3.69. The predicted octanol–water partition coefficient (Wildman–Crippen LogP) is 1.08. The van der Waals surface area contributed by atoms with Crippen molar-refractivity contribution in [1.29, 1.82) is 0 Å². The Balaban J connectivity index is 2.91. The largest absolute Gasteiger partial charge is 0.313 e. The Bertz CT molecular complexity index is 535. The fourth-order valence-electron chi connectivity index (χ4n) is 1.28. The molecule has 4 nitrogen and oxygen atoms in total. The Morgan fingerprint density at radius 3 is 3.00 bits per heavy atom. The van der Waals surface area contributed by atoms with Crippen LogP contribution in [0.15, 0.2) is 33.8 Å². The average Bonchev–Trinajstić information content (AvgIpc) is 2.20. The number of nitrogens with two attached hydrogens (primary N) is 1. The topological polar surface area (TPSA) is 60.9 Å². The highest BCUT2D eigenvalue weighted by atomic mass is 79.9. The molecule has 0 aliphatic rings. The van der Waals surface area contributed by atoms with Crippen LogP contribution < -0.4 is 11.3 Å². The molecule has 0 radical (unpaired) electrons. The summed E-state index contributed by atoms with van der Waals surface area (Å²) in [5.74, 6) is 0. The van der Waals surface area contributed by atoms with Crippen LogP contribution in [0.25, 0.3) is 10.9 Å². The molecule has 0 saturated heterocycles. The number of fused-ring (bicyclic) bond motifs is 1. The van der Waals surface area contributed by atoms with Crippen molar-refractivity contribution in [2.24, 2.45) is 5.73 Å². The maximum atomic E-state index is 11.7. The molecule has 0 atom stereocenters. The molecule has 0 aliphatic heterocycles. The lowest BCUT2D eigenvalue weighted by molar-refractivity contribution is 0.692. The fraction of sp³-hybridized carbons (Fsp3) is 0.111. The van der Waals surface area contributed by atoms with Crippen molar-refractivity contribution in [2.45, 2.75) is 6.67 Å². The molecule has 0 amide bonds. The highest BCUT2D eigenvalue weighted by Crippen LogP contribution is 2.18. The minimum atomic E-state index is -0.112. The van der Waals surface area contributed by atoms with E-state index in [-0.39, 0.29) is 12.2 Å². The molecule has 72 valence electrons. The van der Waals surface area contributed by atoms with Crippen LogP contribution in [0.1, 0.15) is 0 Å². The SMILES string of the molecule is NCn1cnc2c(Br)cccc2c1=O. The third-order valence-electron chi connectivity index (χ3n) is 2.00. The first-order valence-corrected chi connectivity index (χ1v) is 4.87. The van der Waals surface area contributed by atoms with Crippen LogP contribution >= 0.6 is 15.9 Å². The molecular weight excluding hydrogens is 246 g/mol. The van der Waals surface area contributed by atoms with Crippen molar-refractivity contribution in [2.75, 3.05) is 0 Å². The Labute approximate surface area is 88.5 Å². The maximum absolute atomic E-state index is 11.7. The Hall–Kier alpha value is -1.20. The van der Waals surface area contributed by atoms with Crippen LogP contribution in [0.4, 0.5) is 0 Å². The molecule has 2 N–H and O–H groups in total. The molecule has 1 heterocycles. The summed E-state index contributed by atoms with van der Waals surface area (Å²) in [6.07, 6.45) is 1.45. The van der Waals surface area contributed by atoms with Gasteiger partial charge in [-0.1, -0.05) is 6.07 Å². The zero-order valence-corrected chi connectivity index (χ0v) is 8.86. The molecule has 5 heteroatoms. The number of aromatic nitrogens is 2. The van der Waals surface area contributed by atoms with E-state index in [2.05, 4.69) is 20.9 Å². The first kappa shape index (κ1) is 9.36. The number of hydrogen-bond acceptors (Lipinski definition) is 3. The third kappa shape index (κ3) is 1.34. The molecule has 0 spiro atoms. The van der Waals surface area contributed by atoms with Crippen molar-refractivity contribution < 1.29 is 0 Å². The van der Waals surface area contributed by atoms with Crippen LogP contribution in [0.3, 0.4) is 0 Å². The summed E-state index contributed by atoms with van der Waals surface area (Å²) in [5.41, 5.74) is 5.95. The number of rotatable bonds is 1. The number of nitrogens with zero attached hydrogens (tertiary/aromatic N) is 2. The molecule has 1 aromatic carbocycles.